The molecule has 1 aliphatic heterocycles. The molecule has 1 aliphatic rings. The van der Waals surface area contributed by atoms with E-state index in [0.717, 1.165) is 12.1 Å². The maximum atomic E-state index is 14.3. The Morgan fingerprint density at radius 2 is 2.08 bits per heavy atom. The molecule has 1 aromatic carbocycles. The largest absolute Gasteiger partial charge is 0.465 e. The zero-order valence-electron chi connectivity index (χ0n) is 14.1. The minimum Gasteiger partial charge on any atom is -0.465 e. The van der Waals surface area contributed by atoms with Crippen molar-refractivity contribution in [1.82, 2.24) is 9.78 Å². The van der Waals surface area contributed by atoms with E-state index in [9.17, 15) is 22.8 Å². The van der Waals surface area contributed by atoms with Crippen LogP contribution in [0.15, 0.2) is 12.1 Å². The summed E-state index contributed by atoms with van der Waals surface area (Å²) in [5.41, 5.74) is 0.760. The smallest absolute Gasteiger partial charge is 0.327 e. The Kier molecular flexibility index (Phi) is 4.71. The second-order valence-corrected chi connectivity index (χ2v) is 5.88. The van der Waals surface area contributed by atoms with Gasteiger partial charge in [-0.25, -0.2) is 17.9 Å². The summed E-state index contributed by atoms with van der Waals surface area (Å²) in [5.74, 6) is -5.85. The number of amides is 1. The number of rotatable bonds is 4. The van der Waals surface area contributed by atoms with Crippen molar-refractivity contribution >= 4 is 17.7 Å². The average Bonchev–Trinajstić information content (AvgIpc) is 2.88. The Morgan fingerprint density at radius 1 is 1.35 bits per heavy atom. The van der Waals surface area contributed by atoms with Gasteiger partial charge in [-0.2, -0.15) is 5.10 Å². The molecular formula is C17H16F3N3O3. The van der Waals surface area contributed by atoms with Crippen LogP contribution < -0.4 is 5.32 Å². The number of ether oxygens (including phenoxy) is 1. The third kappa shape index (κ3) is 3.04. The number of esters is 1. The zero-order chi connectivity index (χ0) is 19.0. The summed E-state index contributed by atoms with van der Waals surface area (Å²) in [6.45, 7) is 3.24. The van der Waals surface area contributed by atoms with Crippen molar-refractivity contribution in [1.29, 1.82) is 0 Å². The van der Waals surface area contributed by atoms with Crippen LogP contribution in [0, 0.1) is 24.4 Å². The fourth-order valence-electron chi connectivity index (χ4n) is 3.13. The Bertz CT molecular complexity index is 895. The lowest BCUT2D eigenvalue weighted by Gasteiger charge is -2.24. The fraction of sp³-hybridized carbons (Fsp3) is 0.353. The molecule has 6 nitrogen and oxygen atoms in total. The van der Waals surface area contributed by atoms with Crippen LogP contribution in [0.3, 0.4) is 0 Å². The lowest BCUT2D eigenvalue weighted by Crippen LogP contribution is -2.27. The molecule has 2 heterocycles. The molecule has 0 bridgehead atoms. The SMILES string of the molecule is CCOC(=O)Cn1nc(C)c2c1NC(=O)C[C@@H]2c1ccc(F)c(F)c1F. The van der Waals surface area contributed by atoms with Crippen LogP contribution in [0.2, 0.25) is 0 Å². The highest BCUT2D eigenvalue weighted by atomic mass is 19.2. The van der Waals surface area contributed by atoms with Gasteiger partial charge >= 0.3 is 5.97 Å². The van der Waals surface area contributed by atoms with Crippen LogP contribution in [0.4, 0.5) is 19.0 Å². The van der Waals surface area contributed by atoms with E-state index >= 15 is 0 Å². The molecule has 1 N–H and O–H groups in total. The fourth-order valence-corrected chi connectivity index (χ4v) is 3.13. The normalized spacial score (nSPS) is 16.2. The summed E-state index contributed by atoms with van der Waals surface area (Å²) < 4.78 is 47.3. The van der Waals surface area contributed by atoms with Crippen LogP contribution in [-0.2, 0) is 20.9 Å². The zero-order valence-corrected chi connectivity index (χ0v) is 14.1. The van der Waals surface area contributed by atoms with Gasteiger partial charge in [-0.15, -0.1) is 0 Å². The first-order valence-corrected chi connectivity index (χ1v) is 7.99. The number of fused-ring (bicyclic) bond motifs is 1. The first kappa shape index (κ1) is 18.0. The second kappa shape index (κ2) is 6.81. The molecule has 0 saturated heterocycles. The number of anilines is 1. The molecule has 0 saturated carbocycles. The maximum absolute atomic E-state index is 14.3. The van der Waals surface area contributed by atoms with Gasteiger partial charge < -0.3 is 10.1 Å². The summed E-state index contributed by atoms with van der Waals surface area (Å²) >= 11 is 0. The molecule has 138 valence electrons. The highest BCUT2D eigenvalue weighted by molar-refractivity contribution is 5.95. The van der Waals surface area contributed by atoms with Gasteiger partial charge in [-0.1, -0.05) is 6.07 Å². The number of nitrogens with one attached hydrogen (secondary N) is 1. The van der Waals surface area contributed by atoms with Gasteiger partial charge in [0.1, 0.15) is 12.4 Å². The van der Waals surface area contributed by atoms with E-state index in [2.05, 4.69) is 10.4 Å². The van der Waals surface area contributed by atoms with E-state index in [0.29, 0.717) is 11.3 Å². The first-order chi connectivity index (χ1) is 12.3. The molecule has 1 aromatic heterocycles. The van der Waals surface area contributed by atoms with E-state index in [1.807, 2.05) is 0 Å². The van der Waals surface area contributed by atoms with E-state index < -0.39 is 35.2 Å². The summed E-state index contributed by atoms with van der Waals surface area (Å²) in [7, 11) is 0. The van der Waals surface area contributed by atoms with Gasteiger partial charge in [0, 0.05) is 17.9 Å². The van der Waals surface area contributed by atoms with Gasteiger partial charge in [0.05, 0.1) is 12.3 Å². The molecule has 3 rings (SSSR count). The monoisotopic (exact) mass is 367 g/mol. The predicted molar refractivity (Wildman–Crippen MR) is 85.0 cm³/mol. The number of hydrogen-bond acceptors (Lipinski definition) is 4. The van der Waals surface area contributed by atoms with Gasteiger partial charge in [0.15, 0.2) is 17.5 Å². The standard InChI is InChI=1S/C17H16F3N3O3/c1-3-26-13(25)7-23-17-14(8(2)22-23)10(6-12(24)21-17)9-4-5-11(18)16(20)15(9)19/h4-5,10H,3,6-7H2,1-2H3,(H,21,24)/t10-/m1/s1. The quantitative estimate of drug-likeness (QED) is 0.666. The number of benzene rings is 1. The van der Waals surface area contributed by atoms with E-state index in [4.69, 9.17) is 4.74 Å². The topological polar surface area (TPSA) is 73.2 Å². The molecule has 0 radical (unpaired) electrons. The number of nitrogens with zero attached hydrogens (tertiary/aromatic N) is 2. The van der Waals surface area contributed by atoms with Gasteiger partial charge in [-0.3, -0.25) is 9.59 Å². The van der Waals surface area contributed by atoms with E-state index in [1.165, 1.54) is 4.68 Å². The number of hydrogen-bond donors (Lipinski definition) is 1. The summed E-state index contributed by atoms with van der Waals surface area (Å²) in [6, 6.07) is 1.93. The predicted octanol–water partition coefficient (Wildman–Crippen LogP) is 2.65. The van der Waals surface area contributed by atoms with Crippen molar-refractivity contribution in [2.24, 2.45) is 0 Å². The minimum absolute atomic E-state index is 0.140. The lowest BCUT2D eigenvalue weighted by atomic mass is 9.85. The average molecular weight is 367 g/mol. The van der Waals surface area contributed by atoms with Gasteiger partial charge in [-0.05, 0) is 25.5 Å². The Hall–Kier alpha value is -2.84. The van der Waals surface area contributed by atoms with Crippen LogP contribution in [0.25, 0.3) is 0 Å². The first-order valence-electron chi connectivity index (χ1n) is 7.99. The number of halogens is 3. The number of aromatic nitrogens is 2. The second-order valence-electron chi connectivity index (χ2n) is 5.88. The molecular weight excluding hydrogens is 351 g/mol. The van der Waals surface area contributed by atoms with E-state index in [1.54, 1.807) is 13.8 Å². The molecule has 0 aliphatic carbocycles. The lowest BCUT2D eigenvalue weighted by molar-refractivity contribution is -0.144. The van der Waals surface area contributed by atoms with Crippen molar-refractivity contribution < 1.29 is 27.5 Å². The highest BCUT2D eigenvalue weighted by Crippen LogP contribution is 2.40. The minimum atomic E-state index is -1.59. The van der Waals surface area contributed by atoms with Gasteiger partial charge in [0.25, 0.3) is 0 Å². The third-order valence-corrected chi connectivity index (χ3v) is 4.19. The molecule has 26 heavy (non-hydrogen) atoms. The summed E-state index contributed by atoms with van der Waals surface area (Å²) in [6.07, 6.45) is -0.152. The molecule has 1 atom stereocenters. The molecule has 0 spiro atoms. The van der Waals surface area contributed by atoms with Crippen molar-refractivity contribution in [2.45, 2.75) is 32.7 Å². The molecule has 0 fully saturated rings. The van der Waals surface area contributed by atoms with Crippen molar-refractivity contribution in [3.63, 3.8) is 0 Å². The van der Waals surface area contributed by atoms with Crippen LogP contribution in [0.5, 0.6) is 0 Å². The summed E-state index contributed by atoms with van der Waals surface area (Å²) in [4.78, 5) is 23.8. The molecule has 0 unspecified atom stereocenters. The Morgan fingerprint density at radius 3 is 2.77 bits per heavy atom. The van der Waals surface area contributed by atoms with Gasteiger partial charge in [0.2, 0.25) is 5.91 Å². The molecule has 1 amide bonds. The number of carbonyl (C=O) groups is 2. The number of aryl methyl sites for hydroxylation is 1. The number of carbonyl (C=O) groups excluding carboxylic acids is 2. The Labute approximate surface area is 146 Å². The van der Waals surface area contributed by atoms with Crippen LogP contribution >= 0.6 is 0 Å². The molecule has 9 heteroatoms. The molecule has 2 aromatic rings. The van der Waals surface area contributed by atoms with Crippen molar-refractivity contribution in [3.05, 3.63) is 46.4 Å². The summed E-state index contributed by atoms with van der Waals surface area (Å²) in [5, 5.41) is 6.81. The van der Waals surface area contributed by atoms with Crippen LogP contribution in [-0.4, -0.2) is 28.3 Å². The van der Waals surface area contributed by atoms with Crippen LogP contribution in [0.1, 0.15) is 36.1 Å². The van der Waals surface area contributed by atoms with E-state index in [-0.39, 0.29) is 31.0 Å². The Balaban J connectivity index is 2.08. The third-order valence-electron chi connectivity index (χ3n) is 4.19. The highest BCUT2D eigenvalue weighted by Gasteiger charge is 2.35. The van der Waals surface area contributed by atoms with Crippen molar-refractivity contribution in [3.8, 4) is 0 Å². The van der Waals surface area contributed by atoms with Crippen molar-refractivity contribution in [2.75, 3.05) is 11.9 Å². The maximum Gasteiger partial charge on any atom is 0.327 e.